The zero-order chi connectivity index (χ0) is 19.4. The fourth-order valence-corrected chi connectivity index (χ4v) is 5.42. The predicted molar refractivity (Wildman–Crippen MR) is 106 cm³/mol. The van der Waals surface area contributed by atoms with Crippen LogP contribution in [-0.2, 0) is 22.6 Å². The highest BCUT2D eigenvalue weighted by atomic mass is 32.1. The van der Waals surface area contributed by atoms with E-state index in [0.717, 1.165) is 42.3 Å². The van der Waals surface area contributed by atoms with Crippen molar-refractivity contribution in [3.63, 3.8) is 0 Å². The number of piperidine rings is 1. The maximum atomic E-state index is 12.5. The molecule has 0 radical (unpaired) electrons. The van der Waals surface area contributed by atoms with Gasteiger partial charge in [0.2, 0.25) is 5.91 Å². The molecule has 2 aliphatic heterocycles. The molecule has 1 aromatic heterocycles. The summed E-state index contributed by atoms with van der Waals surface area (Å²) in [5, 5.41) is 3.87. The third-order valence-electron chi connectivity index (χ3n) is 6.42. The van der Waals surface area contributed by atoms with Crippen molar-refractivity contribution in [1.82, 2.24) is 9.27 Å². The minimum atomic E-state index is -0.206. The van der Waals surface area contributed by atoms with E-state index < -0.39 is 0 Å². The van der Waals surface area contributed by atoms with Crippen LogP contribution in [0.5, 0.6) is 0 Å². The molecule has 1 amide bonds. The lowest BCUT2D eigenvalue weighted by atomic mass is 9.96. The Kier molecular flexibility index (Phi) is 4.25. The number of aryl methyl sites for hydroxylation is 1. The van der Waals surface area contributed by atoms with E-state index in [0.29, 0.717) is 24.0 Å². The quantitative estimate of drug-likeness (QED) is 0.786. The summed E-state index contributed by atoms with van der Waals surface area (Å²) < 4.78 is 9.36. The van der Waals surface area contributed by atoms with E-state index in [1.54, 1.807) is 0 Å². The number of hydrogen-bond acceptors (Lipinski definition) is 6. The van der Waals surface area contributed by atoms with Gasteiger partial charge in [-0.1, -0.05) is 6.07 Å². The molecule has 0 spiro atoms. The van der Waals surface area contributed by atoms with Crippen molar-refractivity contribution in [2.24, 2.45) is 17.8 Å². The van der Waals surface area contributed by atoms with Crippen molar-refractivity contribution in [3.8, 4) is 0 Å². The lowest BCUT2D eigenvalue weighted by Gasteiger charge is -2.20. The van der Waals surface area contributed by atoms with Crippen LogP contribution < -0.4 is 5.32 Å². The second-order valence-corrected chi connectivity index (χ2v) is 8.94. The van der Waals surface area contributed by atoms with Crippen molar-refractivity contribution in [1.29, 1.82) is 0 Å². The fourth-order valence-electron chi connectivity index (χ4n) is 4.76. The molecule has 1 saturated carbocycles. The Morgan fingerprint density at radius 1 is 1.32 bits per heavy atom. The molecule has 3 aliphatic rings. The van der Waals surface area contributed by atoms with Crippen LogP contribution in [0, 0.1) is 31.6 Å². The van der Waals surface area contributed by atoms with Crippen LogP contribution in [0.4, 0.5) is 5.00 Å². The van der Waals surface area contributed by atoms with Crippen molar-refractivity contribution in [3.05, 3.63) is 46.1 Å². The van der Waals surface area contributed by atoms with E-state index >= 15 is 0 Å². The van der Waals surface area contributed by atoms with Crippen molar-refractivity contribution in [2.45, 2.75) is 26.9 Å². The standard InChI is InChI=1S/C21H23N3O3S/c1-11-7-18(28-23-11)22-20(25)19-15-8-24(9-16(15)19)6-5-13-3-4-14-17(12(13)2)10-27-21(14)26/h3-4,7,15-16,19H,5-6,8-10H2,1-2H3,(H,22,25). The van der Waals surface area contributed by atoms with Crippen LogP contribution in [0.15, 0.2) is 18.2 Å². The lowest BCUT2D eigenvalue weighted by molar-refractivity contribution is -0.118. The van der Waals surface area contributed by atoms with Gasteiger partial charge in [-0.15, -0.1) is 0 Å². The number of ether oxygens (including phenoxy) is 1. The number of nitrogens with one attached hydrogen (secondary N) is 1. The molecule has 28 heavy (non-hydrogen) atoms. The Balaban J connectivity index is 1.14. The van der Waals surface area contributed by atoms with Gasteiger partial charge in [0.05, 0.1) is 11.3 Å². The van der Waals surface area contributed by atoms with Crippen LogP contribution >= 0.6 is 11.5 Å². The average molecular weight is 398 g/mol. The first-order valence-electron chi connectivity index (χ1n) is 9.76. The number of hydrogen-bond donors (Lipinski definition) is 1. The molecule has 2 aromatic rings. The first-order chi connectivity index (χ1) is 13.5. The smallest absolute Gasteiger partial charge is 0.338 e. The van der Waals surface area contributed by atoms with E-state index in [9.17, 15) is 9.59 Å². The Bertz CT molecular complexity index is 958. The molecule has 1 aromatic carbocycles. The highest BCUT2D eigenvalue weighted by Gasteiger charge is 2.59. The molecular weight excluding hydrogens is 374 g/mol. The Morgan fingerprint density at radius 2 is 2.11 bits per heavy atom. The van der Waals surface area contributed by atoms with E-state index in [-0.39, 0.29) is 17.8 Å². The average Bonchev–Trinajstić information content (AvgIpc) is 3.03. The number of fused-ring (bicyclic) bond motifs is 2. The molecule has 1 aliphatic carbocycles. The minimum absolute atomic E-state index is 0.150. The number of rotatable bonds is 5. The van der Waals surface area contributed by atoms with Crippen molar-refractivity contribution in [2.75, 3.05) is 25.0 Å². The van der Waals surface area contributed by atoms with Crippen LogP contribution in [0.1, 0.15) is 32.7 Å². The summed E-state index contributed by atoms with van der Waals surface area (Å²) in [5.41, 5.74) is 5.17. The third-order valence-corrected chi connectivity index (χ3v) is 7.22. The maximum Gasteiger partial charge on any atom is 0.338 e. The van der Waals surface area contributed by atoms with Gasteiger partial charge in [-0.05, 0) is 66.9 Å². The predicted octanol–water partition coefficient (Wildman–Crippen LogP) is 2.79. The minimum Gasteiger partial charge on any atom is -0.457 e. The summed E-state index contributed by atoms with van der Waals surface area (Å²) in [6, 6.07) is 5.88. The van der Waals surface area contributed by atoms with E-state index in [4.69, 9.17) is 4.74 Å². The molecule has 7 heteroatoms. The summed E-state index contributed by atoms with van der Waals surface area (Å²) in [7, 11) is 0. The van der Waals surface area contributed by atoms with Crippen molar-refractivity contribution >= 4 is 28.4 Å². The monoisotopic (exact) mass is 397 g/mol. The second-order valence-electron chi connectivity index (χ2n) is 8.14. The number of benzene rings is 1. The van der Waals surface area contributed by atoms with Crippen LogP contribution in [0.25, 0.3) is 0 Å². The Hall–Kier alpha value is -2.25. The van der Waals surface area contributed by atoms with Crippen molar-refractivity contribution < 1.29 is 14.3 Å². The molecule has 1 N–H and O–H groups in total. The molecule has 3 heterocycles. The number of carbonyl (C=O) groups excluding carboxylic acids is 2. The number of carbonyl (C=O) groups is 2. The SMILES string of the molecule is Cc1cc(NC(=O)C2C3CN(CCc4ccc5c(c4C)COC5=O)CC32)sn1. The first-order valence-corrected chi connectivity index (χ1v) is 10.5. The van der Waals surface area contributed by atoms with Gasteiger partial charge in [-0.25, -0.2) is 4.79 Å². The van der Waals surface area contributed by atoms with Gasteiger partial charge < -0.3 is 15.0 Å². The highest BCUT2D eigenvalue weighted by Crippen LogP contribution is 2.52. The van der Waals surface area contributed by atoms with Crippen LogP contribution in [-0.4, -0.2) is 40.8 Å². The molecule has 2 atom stereocenters. The number of esters is 1. The van der Waals surface area contributed by atoms with Gasteiger partial charge in [-0.3, -0.25) is 4.79 Å². The zero-order valence-corrected chi connectivity index (χ0v) is 16.8. The van der Waals surface area contributed by atoms with E-state index in [1.165, 1.54) is 22.7 Å². The third kappa shape index (κ3) is 3.02. The summed E-state index contributed by atoms with van der Waals surface area (Å²) in [4.78, 5) is 26.6. The molecule has 6 nitrogen and oxygen atoms in total. The van der Waals surface area contributed by atoms with Gasteiger partial charge in [0.25, 0.3) is 0 Å². The molecule has 1 saturated heterocycles. The molecule has 2 fully saturated rings. The largest absolute Gasteiger partial charge is 0.457 e. The number of cyclic esters (lactones) is 1. The van der Waals surface area contributed by atoms with Gasteiger partial charge in [0, 0.05) is 31.1 Å². The number of amides is 1. The van der Waals surface area contributed by atoms with Gasteiger partial charge in [-0.2, -0.15) is 4.37 Å². The number of nitrogens with zero attached hydrogens (tertiary/aromatic N) is 2. The molecular formula is C21H23N3O3S. The normalized spacial score (nSPS) is 25.4. The number of aromatic nitrogens is 1. The molecule has 5 rings (SSSR count). The fraction of sp³-hybridized carbons (Fsp3) is 0.476. The van der Waals surface area contributed by atoms with E-state index in [2.05, 4.69) is 27.6 Å². The zero-order valence-electron chi connectivity index (χ0n) is 16.0. The van der Waals surface area contributed by atoms with E-state index in [1.807, 2.05) is 19.1 Å². The van der Waals surface area contributed by atoms with Crippen LogP contribution in [0.3, 0.4) is 0 Å². The second kappa shape index (κ2) is 6.67. The van der Waals surface area contributed by atoms with Gasteiger partial charge >= 0.3 is 5.97 Å². The summed E-state index contributed by atoms with van der Waals surface area (Å²) in [6.45, 7) is 7.40. The Morgan fingerprint density at radius 3 is 2.82 bits per heavy atom. The topological polar surface area (TPSA) is 71.5 Å². The van der Waals surface area contributed by atoms with Gasteiger partial charge in [0.15, 0.2) is 0 Å². The molecule has 0 bridgehead atoms. The maximum absolute atomic E-state index is 12.5. The summed E-state index contributed by atoms with van der Waals surface area (Å²) >= 11 is 1.34. The number of anilines is 1. The number of likely N-dealkylation sites (tertiary alicyclic amines) is 1. The molecule has 146 valence electrons. The summed E-state index contributed by atoms with van der Waals surface area (Å²) in [5.74, 6) is 1.07. The first kappa shape index (κ1) is 17.8. The van der Waals surface area contributed by atoms with Gasteiger partial charge in [0.1, 0.15) is 11.6 Å². The molecule has 2 unspecified atom stereocenters. The lowest BCUT2D eigenvalue weighted by Crippen LogP contribution is -2.30. The highest BCUT2D eigenvalue weighted by molar-refractivity contribution is 7.10. The Labute approximate surface area is 168 Å². The summed E-state index contributed by atoms with van der Waals surface area (Å²) in [6.07, 6.45) is 0.962. The van der Waals surface area contributed by atoms with Crippen LogP contribution in [0.2, 0.25) is 0 Å².